The van der Waals surface area contributed by atoms with Gasteiger partial charge in [-0.15, -0.1) is 0 Å². The third-order valence-corrected chi connectivity index (χ3v) is 5.34. The minimum absolute atomic E-state index is 0.0102. The number of para-hydroxylation sites is 1. The van der Waals surface area contributed by atoms with Crippen LogP contribution in [0.3, 0.4) is 0 Å². The van der Waals surface area contributed by atoms with Crippen LogP contribution in [0, 0.1) is 13.8 Å². The first kappa shape index (κ1) is 18.2. The molecular formula is C23H22N6O. The van der Waals surface area contributed by atoms with Gasteiger partial charge in [-0.3, -0.25) is 4.57 Å². The van der Waals surface area contributed by atoms with E-state index in [2.05, 4.69) is 15.5 Å². The SMILES string of the molecule is Cc1cn(-c2c(C3CC(c4ccc(O)cc4)=NN3)c(C)nn2-c2ccccc2)cn1. The number of benzene rings is 2. The number of nitrogens with zero attached hydrogens (tertiary/aromatic N) is 5. The molecule has 0 aliphatic carbocycles. The lowest BCUT2D eigenvalue weighted by molar-refractivity contribution is 0.475. The Hall–Kier alpha value is -3.87. The zero-order valence-electron chi connectivity index (χ0n) is 16.8. The van der Waals surface area contributed by atoms with Crippen molar-refractivity contribution in [2.24, 2.45) is 5.10 Å². The van der Waals surface area contributed by atoms with Crippen molar-refractivity contribution >= 4 is 5.71 Å². The number of imidazole rings is 1. The molecule has 0 radical (unpaired) electrons. The molecule has 0 saturated heterocycles. The molecule has 1 unspecified atom stereocenters. The van der Waals surface area contributed by atoms with Crippen molar-refractivity contribution in [1.29, 1.82) is 0 Å². The molecule has 0 fully saturated rings. The molecule has 30 heavy (non-hydrogen) atoms. The molecule has 7 heteroatoms. The lowest BCUT2D eigenvalue weighted by atomic mass is 9.99. The van der Waals surface area contributed by atoms with Crippen LogP contribution in [-0.4, -0.2) is 30.1 Å². The number of hydrogen-bond donors (Lipinski definition) is 2. The molecule has 7 nitrogen and oxygen atoms in total. The fraction of sp³-hybridized carbons (Fsp3) is 0.174. The summed E-state index contributed by atoms with van der Waals surface area (Å²) < 4.78 is 3.99. The van der Waals surface area contributed by atoms with Gasteiger partial charge in [0.25, 0.3) is 0 Å². The molecule has 2 N–H and O–H groups in total. The summed E-state index contributed by atoms with van der Waals surface area (Å²) in [6, 6.07) is 17.2. The monoisotopic (exact) mass is 398 g/mol. The summed E-state index contributed by atoms with van der Waals surface area (Å²) in [4.78, 5) is 4.42. The molecule has 0 amide bonds. The molecule has 3 heterocycles. The van der Waals surface area contributed by atoms with Crippen molar-refractivity contribution in [3.8, 4) is 17.3 Å². The van der Waals surface area contributed by atoms with Gasteiger partial charge in [-0.25, -0.2) is 9.67 Å². The molecule has 1 aliphatic heterocycles. The fourth-order valence-electron chi connectivity index (χ4n) is 3.91. The van der Waals surface area contributed by atoms with Crippen molar-refractivity contribution in [1.82, 2.24) is 24.8 Å². The highest BCUT2D eigenvalue weighted by atomic mass is 16.3. The number of hydrazone groups is 1. The molecule has 150 valence electrons. The summed E-state index contributed by atoms with van der Waals surface area (Å²) in [5.41, 5.74) is 9.22. The number of hydrogen-bond acceptors (Lipinski definition) is 5. The fourth-order valence-corrected chi connectivity index (χ4v) is 3.91. The van der Waals surface area contributed by atoms with E-state index in [4.69, 9.17) is 5.10 Å². The number of aryl methyl sites for hydroxylation is 2. The Morgan fingerprint density at radius 3 is 2.50 bits per heavy atom. The predicted octanol–water partition coefficient (Wildman–Crippen LogP) is 3.82. The summed E-state index contributed by atoms with van der Waals surface area (Å²) in [6.45, 7) is 4.01. The van der Waals surface area contributed by atoms with E-state index < -0.39 is 0 Å². The second-order valence-corrected chi connectivity index (χ2v) is 7.48. The van der Waals surface area contributed by atoms with Crippen LogP contribution >= 0.6 is 0 Å². The molecule has 2 aromatic heterocycles. The van der Waals surface area contributed by atoms with Gasteiger partial charge in [0.15, 0.2) is 0 Å². The molecule has 1 atom stereocenters. The maximum absolute atomic E-state index is 9.57. The molecule has 2 aromatic carbocycles. The van der Waals surface area contributed by atoms with Gasteiger partial charge in [0, 0.05) is 18.2 Å². The lowest BCUT2D eigenvalue weighted by Crippen LogP contribution is -2.14. The zero-order valence-corrected chi connectivity index (χ0v) is 16.8. The quantitative estimate of drug-likeness (QED) is 0.548. The molecule has 4 aromatic rings. The first-order valence-corrected chi connectivity index (χ1v) is 9.87. The minimum atomic E-state index is -0.0102. The molecule has 5 rings (SSSR count). The standard InChI is InChI=1S/C23H22N6O/c1-15-13-28(14-24-15)23-22(16(2)27-29(23)18-6-4-3-5-7-18)21-12-20(25-26-21)17-8-10-19(30)11-9-17/h3-11,13-14,21,26,30H,12H2,1-2H3. The van der Waals surface area contributed by atoms with Crippen LogP contribution in [0.2, 0.25) is 0 Å². The van der Waals surface area contributed by atoms with E-state index in [9.17, 15) is 5.11 Å². The Labute approximate surface area is 174 Å². The third kappa shape index (κ3) is 3.14. The van der Waals surface area contributed by atoms with Gasteiger partial charge in [-0.2, -0.15) is 10.2 Å². The zero-order chi connectivity index (χ0) is 20.7. The van der Waals surface area contributed by atoms with Crippen LogP contribution in [-0.2, 0) is 0 Å². The van der Waals surface area contributed by atoms with Gasteiger partial charge in [-0.1, -0.05) is 18.2 Å². The summed E-state index contributed by atoms with van der Waals surface area (Å²) in [5.74, 6) is 1.21. The van der Waals surface area contributed by atoms with Crippen LogP contribution in [0.4, 0.5) is 0 Å². The minimum Gasteiger partial charge on any atom is -0.508 e. The van der Waals surface area contributed by atoms with Crippen molar-refractivity contribution in [3.63, 3.8) is 0 Å². The number of aromatic nitrogens is 4. The van der Waals surface area contributed by atoms with E-state index in [1.54, 1.807) is 12.1 Å². The highest BCUT2D eigenvalue weighted by Crippen LogP contribution is 2.33. The van der Waals surface area contributed by atoms with E-state index in [0.717, 1.165) is 46.2 Å². The highest BCUT2D eigenvalue weighted by molar-refractivity contribution is 6.02. The van der Waals surface area contributed by atoms with Crippen LogP contribution in [0.1, 0.15) is 35.0 Å². The predicted molar refractivity (Wildman–Crippen MR) is 115 cm³/mol. The topological polar surface area (TPSA) is 80.3 Å². The van der Waals surface area contributed by atoms with Crippen molar-refractivity contribution in [2.75, 3.05) is 0 Å². The van der Waals surface area contributed by atoms with Gasteiger partial charge in [-0.05, 0) is 55.8 Å². The number of nitrogens with one attached hydrogen (secondary N) is 1. The summed E-state index contributed by atoms with van der Waals surface area (Å²) >= 11 is 0. The maximum Gasteiger partial charge on any atom is 0.147 e. The average Bonchev–Trinajstić information content (AvgIpc) is 3.47. The Morgan fingerprint density at radius 2 is 1.80 bits per heavy atom. The Morgan fingerprint density at radius 1 is 1.03 bits per heavy atom. The van der Waals surface area contributed by atoms with Crippen LogP contribution < -0.4 is 5.43 Å². The molecule has 0 saturated carbocycles. The van der Waals surface area contributed by atoms with Crippen LogP contribution in [0.25, 0.3) is 11.5 Å². The summed E-state index contributed by atoms with van der Waals surface area (Å²) in [5, 5.41) is 19.0. The van der Waals surface area contributed by atoms with Crippen LogP contribution in [0.15, 0.2) is 72.2 Å². The largest absolute Gasteiger partial charge is 0.508 e. The van der Waals surface area contributed by atoms with Gasteiger partial charge in [0.2, 0.25) is 0 Å². The molecular weight excluding hydrogens is 376 g/mol. The van der Waals surface area contributed by atoms with E-state index in [1.807, 2.05) is 78.1 Å². The lowest BCUT2D eigenvalue weighted by Gasteiger charge is -2.15. The molecule has 1 aliphatic rings. The number of aromatic hydroxyl groups is 1. The van der Waals surface area contributed by atoms with Crippen molar-refractivity contribution in [2.45, 2.75) is 26.3 Å². The third-order valence-electron chi connectivity index (χ3n) is 5.34. The second-order valence-electron chi connectivity index (χ2n) is 7.48. The summed E-state index contributed by atoms with van der Waals surface area (Å²) in [7, 11) is 0. The van der Waals surface area contributed by atoms with Gasteiger partial charge in [0.1, 0.15) is 17.9 Å². The van der Waals surface area contributed by atoms with E-state index in [1.165, 1.54) is 0 Å². The molecule has 0 spiro atoms. The van der Waals surface area contributed by atoms with Crippen molar-refractivity contribution in [3.05, 3.63) is 89.6 Å². The normalized spacial score (nSPS) is 15.8. The van der Waals surface area contributed by atoms with Gasteiger partial charge in [0.05, 0.1) is 28.8 Å². The number of rotatable bonds is 4. The van der Waals surface area contributed by atoms with Gasteiger partial charge < -0.3 is 10.5 Å². The van der Waals surface area contributed by atoms with Crippen LogP contribution in [0.5, 0.6) is 5.75 Å². The van der Waals surface area contributed by atoms with E-state index in [-0.39, 0.29) is 11.8 Å². The first-order chi connectivity index (χ1) is 14.6. The Bertz CT molecular complexity index is 1220. The Kier molecular flexibility index (Phi) is 4.35. The Balaban J connectivity index is 1.57. The summed E-state index contributed by atoms with van der Waals surface area (Å²) in [6.07, 6.45) is 4.56. The number of phenolic OH excluding ortho intramolecular Hbond substituents is 1. The smallest absolute Gasteiger partial charge is 0.147 e. The van der Waals surface area contributed by atoms with E-state index in [0.29, 0.717) is 0 Å². The highest BCUT2D eigenvalue weighted by Gasteiger charge is 2.29. The van der Waals surface area contributed by atoms with E-state index >= 15 is 0 Å². The van der Waals surface area contributed by atoms with Crippen molar-refractivity contribution < 1.29 is 5.11 Å². The maximum atomic E-state index is 9.57. The average molecular weight is 398 g/mol. The van der Waals surface area contributed by atoms with Gasteiger partial charge >= 0.3 is 0 Å². The first-order valence-electron chi connectivity index (χ1n) is 9.87. The second kappa shape index (κ2) is 7.18. The molecule has 0 bridgehead atoms. The number of phenols is 1.